The van der Waals surface area contributed by atoms with Crippen LogP contribution in [0.15, 0.2) is 48.5 Å². The summed E-state index contributed by atoms with van der Waals surface area (Å²) in [6.45, 7) is 6.00. The second kappa shape index (κ2) is 11.6. The van der Waals surface area contributed by atoms with Crippen LogP contribution in [0.4, 0.5) is 0 Å². The van der Waals surface area contributed by atoms with E-state index in [2.05, 4.69) is 5.32 Å². The molecule has 1 N–H and O–H groups in total. The van der Waals surface area contributed by atoms with Crippen molar-refractivity contribution in [2.45, 2.75) is 58.7 Å². The molecule has 8 nitrogen and oxygen atoms in total. The van der Waals surface area contributed by atoms with Gasteiger partial charge in [0.15, 0.2) is 0 Å². The zero-order valence-electron chi connectivity index (χ0n) is 20.7. The average molecular weight is 480 g/mol. The number of carbonyl (C=O) groups excluding carboxylic acids is 4. The maximum Gasteiger partial charge on any atom is 0.261 e. The number of benzene rings is 2. The maximum absolute atomic E-state index is 13.4. The summed E-state index contributed by atoms with van der Waals surface area (Å²) in [6, 6.07) is 13.4. The van der Waals surface area contributed by atoms with Gasteiger partial charge in [-0.1, -0.05) is 31.2 Å². The first-order valence-electron chi connectivity index (χ1n) is 11.9. The van der Waals surface area contributed by atoms with Crippen molar-refractivity contribution in [1.82, 2.24) is 15.1 Å². The standard InChI is InChI=1S/C27H33N3O5/c1-5-23(25(32)28-18(2)3)30(17-19-10-8-11-20(16-19)35-4)24(31)14-9-15-29-26(33)21-12-6-7-13-22(21)27(29)34/h6-8,10-13,16,18,23H,5,9,14-15,17H2,1-4H3,(H,28,32)/t23-/m1/s1. The Labute approximate surface area is 206 Å². The van der Waals surface area contributed by atoms with Crippen LogP contribution >= 0.6 is 0 Å². The quantitative estimate of drug-likeness (QED) is 0.499. The molecule has 0 aromatic heterocycles. The highest BCUT2D eigenvalue weighted by atomic mass is 16.5. The smallest absolute Gasteiger partial charge is 0.261 e. The zero-order chi connectivity index (χ0) is 25.5. The molecule has 0 radical (unpaired) electrons. The van der Waals surface area contributed by atoms with Gasteiger partial charge in [-0.15, -0.1) is 0 Å². The molecule has 186 valence electrons. The van der Waals surface area contributed by atoms with Crippen LogP contribution in [-0.4, -0.2) is 59.2 Å². The van der Waals surface area contributed by atoms with Crippen LogP contribution in [0, 0.1) is 0 Å². The van der Waals surface area contributed by atoms with Crippen molar-refractivity contribution in [2.24, 2.45) is 0 Å². The fourth-order valence-corrected chi connectivity index (χ4v) is 4.24. The van der Waals surface area contributed by atoms with E-state index in [9.17, 15) is 19.2 Å². The maximum atomic E-state index is 13.4. The van der Waals surface area contributed by atoms with Crippen LogP contribution in [0.3, 0.4) is 0 Å². The predicted octanol–water partition coefficient (Wildman–Crippen LogP) is 3.40. The molecular weight excluding hydrogens is 446 g/mol. The lowest BCUT2D eigenvalue weighted by atomic mass is 10.1. The Morgan fingerprint density at radius 2 is 1.69 bits per heavy atom. The molecule has 1 aliphatic heterocycles. The van der Waals surface area contributed by atoms with Gasteiger partial charge < -0.3 is 15.0 Å². The SMILES string of the molecule is CC[C@H](C(=O)NC(C)C)N(Cc1cccc(OC)c1)C(=O)CCCN1C(=O)c2ccccc2C1=O. The number of hydrogen-bond acceptors (Lipinski definition) is 5. The first kappa shape index (κ1) is 25.9. The lowest BCUT2D eigenvalue weighted by Gasteiger charge is -2.31. The van der Waals surface area contributed by atoms with Crippen molar-refractivity contribution in [3.05, 3.63) is 65.2 Å². The number of nitrogens with zero attached hydrogens (tertiary/aromatic N) is 2. The molecule has 0 bridgehead atoms. The topological polar surface area (TPSA) is 96.0 Å². The van der Waals surface area contributed by atoms with Crippen LogP contribution in [-0.2, 0) is 16.1 Å². The molecule has 0 fully saturated rings. The van der Waals surface area contributed by atoms with Crippen molar-refractivity contribution in [3.8, 4) is 5.75 Å². The van der Waals surface area contributed by atoms with Crippen molar-refractivity contribution in [2.75, 3.05) is 13.7 Å². The third-order valence-electron chi connectivity index (χ3n) is 5.95. The van der Waals surface area contributed by atoms with Gasteiger partial charge >= 0.3 is 0 Å². The molecule has 0 unspecified atom stereocenters. The van der Waals surface area contributed by atoms with E-state index in [-0.39, 0.29) is 49.2 Å². The largest absolute Gasteiger partial charge is 0.497 e. The molecule has 0 spiro atoms. The number of methoxy groups -OCH3 is 1. The molecule has 1 atom stereocenters. The summed E-state index contributed by atoms with van der Waals surface area (Å²) in [5, 5.41) is 2.90. The fourth-order valence-electron chi connectivity index (χ4n) is 4.24. The van der Waals surface area contributed by atoms with Crippen molar-refractivity contribution >= 4 is 23.6 Å². The molecule has 0 saturated carbocycles. The second-order valence-electron chi connectivity index (χ2n) is 8.87. The lowest BCUT2D eigenvalue weighted by molar-refractivity contribution is -0.141. The van der Waals surface area contributed by atoms with E-state index in [0.29, 0.717) is 29.7 Å². The summed E-state index contributed by atoms with van der Waals surface area (Å²) in [6.07, 6.45) is 0.858. The Morgan fingerprint density at radius 1 is 1.03 bits per heavy atom. The molecule has 3 rings (SSSR count). The van der Waals surface area contributed by atoms with Gasteiger partial charge in [0.25, 0.3) is 11.8 Å². The number of amides is 4. The van der Waals surface area contributed by atoms with Gasteiger partial charge in [-0.05, 0) is 56.5 Å². The van der Waals surface area contributed by atoms with Crippen molar-refractivity contribution < 1.29 is 23.9 Å². The average Bonchev–Trinajstić information content (AvgIpc) is 3.08. The van der Waals surface area contributed by atoms with E-state index in [1.165, 1.54) is 4.90 Å². The number of nitrogens with one attached hydrogen (secondary N) is 1. The van der Waals surface area contributed by atoms with E-state index in [1.54, 1.807) is 36.3 Å². The first-order chi connectivity index (χ1) is 16.8. The zero-order valence-corrected chi connectivity index (χ0v) is 20.7. The summed E-state index contributed by atoms with van der Waals surface area (Å²) in [5.41, 5.74) is 1.62. The molecule has 0 aliphatic carbocycles. The highest BCUT2D eigenvalue weighted by Gasteiger charge is 2.35. The van der Waals surface area contributed by atoms with Crippen LogP contribution in [0.1, 0.15) is 66.3 Å². The Hall–Kier alpha value is -3.68. The summed E-state index contributed by atoms with van der Waals surface area (Å²) >= 11 is 0. The molecule has 2 aromatic carbocycles. The van der Waals surface area contributed by atoms with Crippen LogP contribution in [0.5, 0.6) is 5.75 Å². The van der Waals surface area contributed by atoms with E-state index in [0.717, 1.165) is 5.56 Å². The summed E-state index contributed by atoms with van der Waals surface area (Å²) in [7, 11) is 1.58. The Morgan fingerprint density at radius 3 is 2.26 bits per heavy atom. The summed E-state index contributed by atoms with van der Waals surface area (Å²) in [5.74, 6) is -0.433. The van der Waals surface area contributed by atoms with Crippen molar-refractivity contribution in [1.29, 1.82) is 0 Å². The first-order valence-corrected chi connectivity index (χ1v) is 11.9. The molecule has 2 aromatic rings. The highest BCUT2D eigenvalue weighted by molar-refractivity contribution is 6.21. The predicted molar refractivity (Wildman–Crippen MR) is 132 cm³/mol. The van der Waals surface area contributed by atoms with Crippen LogP contribution in [0.25, 0.3) is 0 Å². The van der Waals surface area contributed by atoms with Gasteiger partial charge in [0, 0.05) is 25.6 Å². The van der Waals surface area contributed by atoms with E-state index >= 15 is 0 Å². The van der Waals surface area contributed by atoms with Gasteiger partial charge in [0.2, 0.25) is 11.8 Å². The van der Waals surface area contributed by atoms with Gasteiger partial charge in [-0.2, -0.15) is 0 Å². The van der Waals surface area contributed by atoms with Gasteiger partial charge in [0.1, 0.15) is 11.8 Å². The number of imide groups is 1. The molecule has 1 heterocycles. The van der Waals surface area contributed by atoms with Crippen molar-refractivity contribution in [3.63, 3.8) is 0 Å². The van der Waals surface area contributed by atoms with Gasteiger partial charge in [-0.3, -0.25) is 24.1 Å². The number of fused-ring (bicyclic) bond motifs is 1. The minimum atomic E-state index is -0.643. The van der Waals surface area contributed by atoms with E-state index in [1.807, 2.05) is 45.0 Å². The summed E-state index contributed by atoms with van der Waals surface area (Å²) < 4.78 is 5.30. The van der Waals surface area contributed by atoms with E-state index < -0.39 is 6.04 Å². The number of rotatable bonds is 11. The molecule has 35 heavy (non-hydrogen) atoms. The highest BCUT2D eigenvalue weighted by Crippen LogP contribution is 2.23. The summed E-state index contributed by atoms with van der Waals surface area (Å²) in [4.78, 5) is 54.3. The Bertz CT molecular complexity index is 1060. The number of hydrogen-bond donors (Lipinski definition) is 1. The van der Waals surface area contributed by atoms with Crippen LogP contribution < -0.4 is 10.1 Å². The third kappa shape index (κ3) is 6.07. The third-order valence-corrected chi connectivity index (χ3v) is 5.95. The molecular formula is C27H33N3O5. The number of ether oxygens (including phenoxy) is 1. The lowest BCUT2D eigenvalue weighted by Crippen LogP contribution is -2.50. The minimum absolute atomic E-state index is 0.0563. The minimum Gasteiger partial charge on any atom is -0.497 e. The molecule has 8 heteroatoms. The second-order valence-corrected chi connectivity index (χ2v) is 8.87. The Kier molecular flexibility index (Phi) is 8.63. The monoisotopic (exact) mass is 479 g/mol. The number of carbonyl (C=O) groups is 4. The van der Waals surface area contributed by atoms with Crippen LogP contribution in [0.2, 0.25) is 0 Å². The molecule has 0 saturated heterocycles. The van der Waals surface area contributed by atoms with E-state index in [4.69, 9.17) is 4.74 Å². The molecule has 1 aliphatic rings. The fraction of sp³-hybridized carbons (Fsp3) is 0.407. The molecule has 4 amide bonds. The van der Waals surface area contributed by atoms with Gasteiger partial charge in [-0.25, -0.2) is 0 Å². The normalized spacial score (nSPS) is 13.6. The Balaban J connectivity index is 1.72. The van der Waals surface area contributed by atoms with Gasteiger partial charge in [0.05, 0.1) is 18.2 Å².